The first-order valence-corrected chi connectivity index (χ1v) is 3.39. The second-order valence-corrected chi connectivity index (χ2v) is 3.77. The summed E-state index contributed by atoms with van der Waals surface area (Å²) < 4.78 is 0. The highest BCUT2D eigenvalue weighted by Crippen LogP contribution is 2.80. The molecule has 1 heteroatoms. The third-order valence-electron chi connectivity index (χ3n) is 3.05. The molecule has 2 atom stereocenters. The number of hydrogen-bond acceptors (Lipinski definition) is 1. The van der Waals surface area contributed by atoms with E-state index in [2.05, 4.69) is 13.8 Å². The van der Waals surface area contributed by atoms with Gasteiger partial charge < -0.3 is 5.73 Å². The molecule has 0 bridgehead atoms. The van der Waals surface area contributed by atoms with Gasteiger partial charge in [0.1, 0.15) is 0 Å². The van der Waals surface area contributed by atoms with Crippen molar-refractivity contribution in [2.75, 3.05) is 6.54 Å². The van der Waals surface area contributed by atoms with Crippen LogP contribution < -0.4 is 5.73 Å². The highest BCUT2D eigenvalue weighted by Gasteiger charge is 2.77. The van der Waals surface area contributed by atoms with Gasteiger partial charge in [-0.3, -0.25) is 0 Å². The maximum atomic E-state index is 5.48. The van der Waals surface area contributed by atoms with Crippen LogP contribution in [0.3, 0.4) is 0 Å². The third kappa shape index (κ3) is 0.304. The number of rotatable bonds is 1. The molecule has 46 valence electrons. The molecule has 2 N–H and O–H groups in total. The number of nitrogens with two attached hydrogens (primary N) is 1. The quantitative estimate of drug-likeness (QED) is 0.533. The van der Waals surface area contributed by atoms with Crippen LogP contribution in [0.15, 0.2) is 0 Å². The van der Waals surface area contributed by atoms with E-state index in [-0.39, 0.29) is 0 Å². The fourth-order valence-corrected chi connectivity index (χ4v) is 2.37. The fraction of sp³-hybridized carbons (Fsp3) is 1.00. The van der Waals surface area contributed by atoms with E-state index in [9.17, 15) is 0 Å². The van der Waals surface area contributed by atoms with E-state index in [4.69, 9.17) is 5.73 Å². The van der Waals surface area contributed by atoms with E-state index >= 15 is 0 Å². The number of hydrogen-bond donors (Lipinski definition) is 1. The molecule has 0 heterocycles. The Balaban J connectivity index is 1.95. The minimum atomic E-state index is 0.698. The second-order valence-electron chi connectivity index (χ2n) is 3.77. The summed E-state index contributed by atoms with van der Waals surface area (Å²) in [6.07, 6.45) is 0. The predicted octanol–water partition coefficient (Wildman–Crippen LogP) is 0.847. The lowest BCUT2D eigenvalue weighted by molar-refractivity contribution is 0.365. The molecule has 8 heavy (non-hydrogen) atoms. The standard InChI is InChI=1S/C7H13N/c1-7(2)5-4(3-8)6(5)7/h4-6H,3,8H2,1-2H3. The minimum absolute atomic E-state index is 0.698. The summed E-state index contributed by atoms with van der Waals surface area (Å²) in [5.74, 6) is 2.96. The molecule has 0 spiro atoms. The molecule has 0 saturated heterocycles. The first kappa shape index (κ1) is 4.80. The van der Waals surface area contributed by atoms with Crippen molar-refractivity contribution in [2.24, 2.45) is 28.9 Å². The molecule has 2 unspecified atom stereocenters. The summed E-state index contributed by atoms with van der Waals surface area (Å²) in [5, 5.41) is 0. The zero-order valence-electron chi connectivity index (χ0n) is 5.52. The Bertz CT molecular complexity index is 116. The van der Waals surface area contributed by atoms with E-state index in [1.54, 1.807) is 0 Å². The Kier molecular flexibility index (Phi) is 0.583. The average molecular weight is 111 g/mol. The van der Waals surface area contributed by atoms with Crippen LogP contribution in [-0.4, -0.2) is 6.54 Å². The summed E-state index contributed by atoms with van der Waals surface area (Å²) in [6, 6.07) is 0. The van der Waals surface area contributed by atoms with E-state index in [0.29, 0.717) is 5.41 Å². The van der Waals surface area contributed by atoms with Crippen molar-refractivity contribution in [3.05, 3.63) is 0 Å². The molecule has 2 fully saturated rings. The Morgan fingerprint density at radius 2 is 1.88 bits per heavy atom. The molecule has 2 rings (SSSR count). The highest BCUT2D eigenvalue weighted by atomic mass is 14.9. The molecule has 0 amide bonds. The molecule has 0 aromatic heterocycles. The van der Waals surface area contributed by atoms with Crippen molar-refractivity contribution in [2.45, 2.75) is 13.8 Å². The first-order valence-electron chi connectivity index (χ1n) is 3.39. The highest BCUT2D eigenvalue weighted by molar-refractivity contribution is 5.25. The Labute approximate surface area is 50.3 Å². The predicted molar refractivity (Wildman–Crippen MR) is 33.3 cm³/mol. The van der Waals surface area contributed by atoms with Crippen LogP contribution in [0.4, 0.5) is 0 Å². The van der Waals surface area contributed by atoms with Gasteiger partial charge in [-0.2, -0.15) is 0 Å². The van der Waals surface area contributed by atoms with E-state index < -0.39 is 0 Å². The molecule has 0 aromatic carbocycles. The Morgan fingerprint density at radius 1 is 1.38 bits per heavy atom. The zero-order valence-corrected chi connectivity index (χ0v) is 5.52. The van der Waals surface area contributed by atoms with Crippen LogP contribution in [0.1, 0.15) is 13.8 Å². The first-order chi connectivity index (χ1) is 3.69. The van der Waals surface area contributed by atoms with Gasteiger partial charge >= 0.3 is 0 Å². The van der Waals surface area contributed by atoms with Gasteiger partial charge in [-0.1, -0.05) is 13.8 Å². The van der Waals surface area contributed by atoms with Gasteiger partial charge in [-0.25, -0.2) is 0 Å². The molecule has 2 aliphatic carbocycles. The smallest absolute Gasteiger partial charge is 0.00429 e. The Hall–Kier alpha value is -0.0400. The zero-order chi connectivity index (χ0) is 5.94. The molecule has 2 aliphatic rings. The Morgan fingerprint density at radius 3 is 2.00 bits per heavy atom. The van der Waals surface area contributed by atoms with E-state index in [1.807, 2.05) is 0 Å². The second kappa shape index (κ2) is 0.971. The van der Waals surface area contributed by atoms with Crippen molar-refractivity contribution in [1.82, 2.24) is 0 Å². The average Bonchev–Trinajstić information content (AvgIpc) is 2.48. The molecule has 2 saturated carbocycles. The van der Waals surface area contributed by atoms with Crippen molar-refractivity contribution >= 4 is 0 Å². The van der Waals surface area contributed by atoms with Crippen LogP contribution in [0, 0.1) is 23.2 Å². The van der Waals surface area contributed by atoms with Gasteiger partial charge in [0.25, 0.3) is 0 Å². The lowest BCUT2D eigenvalue weighted by atomic mass is 9.93. The number of fused-ring (bicyclic) bond motifs is 1. The largest absolute Gasteiger partial charge is 0.330 e. The fourth-order valence-electron chi connectivity index (χ4n) is 2.37. The molecule has 0 aliphatic heterocycles. The summed E-state index contributed by atoms with van der Waals surface area (Å²) in [5.41, 5.74) is 6.17. The summed E-state index contributed by atoms with van der Waals surface area (Å²) in [7, 11) is 0. The van der Waals surface area contributed by atoms with Gasteiger partial charge in [-0.05, 0) is 29.7 Å². The lowest BCUT2D eigenvalue weighted by Gasteiger charge is -2.13. The molecule has 0 radical (unpaired) electrons. The third-order valence-corrected chi connectivity index (χ3v) is 3.05. The minimum Gasteiger partial charge on any atom is -0.330 e. The van der Waals surface area contributed by atoms with Crippen molar-refractivity contribution < 1.29 is 0 Å². The monoisotopic (exact) mass is 111 g/mol. The van der Waals surface area contributed by atoms with E-state index in [1.165, 1.54) is 0 Å². The topological polar surface area (TPSA) is 26.0 Å². The lowest BCUT2D eigenvalue weighted by Crippen LogP contribution is -2.16. The van der Waals surface area contributed by atoms with Crippen LogP contribution in [0.5, 0.6) is 0 Å². The van der Waals surface area contributed by atoms with E-state index in [0.717, 1.165) is 24.3 Å². The van der Waals surface area contributed by atoms with Crippen molar-refractivity contribution in [3.63, 3.8) is 0 Å². The maximum absolute atomic E-state index is 5.48. The summed E-state index contributed by atoms with van der Waals surface area (Å²) in [6.45, 7) is 5.61. The maximum Gasteiger partial charge on any atom is -0.00429 e. The molecular formula is C7H13N. The molecule has 0 aromatic rings. The van der Waals surface area contributed by atoms with Crippen LogP contribution in [-0.2, 0) is 0 Å². The van der Waals surface area contributed by atoms with Gasteiger partial charge in [0.2, 0.25) is 0 Å². The summed E-state index contributed by atoms with van der Waals surface area (Å²) >= 11 is 0. The van der Waals surface area contributed by atoms with Gasteiger partial charge in [0.05, 0.1) is 0 Å². The summed E-state index contributed by atoms with van der Waals surface area (Å²) in [4.78, 5) is 0. The van der Waals surface area contributed by atoms with Gasteiger partial charge in [0, 0.05) is 0 Å². The van der Waals surface area contributed by atoms with Gasteiger partial charge in [0.15, 0.2) is 0 Å². The van der Waals surface area contributed by atoms with Crippen molar-refractivity contribution in [3.8, 4) is 0 Å². The van der Waals surface area contributed by atoms with Crippen molar-refractivity contribution in [1.29, 1.82) is 0 Å². The van der Waals surface area contributed by atoms with Crippen LogP contribution >= 0.6 is 0 Å². The van der Waals surface area contributed by atoms with Crippen LogP contribution in [0.2, 0.25) is 0 Å². The van der Waals surface area contributed by atoms with Gasteiger partial charge in [-0.15, -0.1) is 0 Å². The van der Waals surface area contributed by atoms with Crippen LogP contribution in [0.25, 0.3) is 0 Å². The molecule has 1 nitrogen and oxygen atoms in total. The SMILES string of the molecule is CC1(C)C2C(CN)C21. The molecular weight excluding hydrogens is 98.1 g/mol. The normalized spacial score (nSPS) is 55.1.